The number of fused-ring (bicyclic) bond motifs is 2. The average Bonchev–Trinajstić information content (AvgIpc) is 2.62. The van der Waals surface area contributed by atoms with Crippen molar-refractivity contribution in [3.05, 3.63) is 29.6 Å². The molecule has 2 bridgehead atoms. The summed E-state index contributed by atoms with van der Waals surface area (Å²) in [5.41, 5.74) is 2.67. The number of aryl methyl sites for hydroxylation is 1. The molecule has 2 aliphatic rings. The Hall–Kier alpha value is -0.890. The topological polar surface area (TPSA) is 24.9 Å². The highest BCUT2D eigenvalue weighted by molar-refractivity contribution is 5.18. The number of hydrogen-bond acceptors (Lipinski definition) is 2. The van der Waals surface area contributed by atoms with Gasteiger partial charge in [-0.05, 0) is 56.6 Å². The van der Waals surface area contributed by atoms with Crippen molar-refractivity contribution in [2.45, 2.75) is 51.1 Å². The van der Waals surface area contributed by atoms with E-state index in [1.165, 1.54) is 43.4 Å². The minimum Gasteiger partial charge on any atom is -0.311 e. The Balaban J connectivity index is 1.69. The maximum atomic E-state index is 4.52. The van der Waals surface area contributed by atoms with Crippen LogP contribution in [0.5, 0.6) is 0 Å². The molecule has 1 aromatic heterocycles. The van der Waals surface area contributed by atoms with Gasteiger partial charge in [-0.3, -0.25) is 4.98 Å². The average molecular weight is 216 g/mol. The molecule has 3 atom stereocenters. The number of nitrogens with zero attached hydrogens (tertiary/aromatic N) is 1. The lowest BCUT2D eigenvalue weighted by Crippen LogP contribution is -2.38. The van der Waals surface area contributed by atoms with Crippen LogP contribution in [0.3, 0.4) is 0 Å². The molecule has 3 heterocycles. The van der Waals surface area contributed by atoms with Crippen LogP contribution in [0, 0.1) is 12.8 Å². The van der Waals surface area contributed by atoms with Gasteiger partial charge in [0.25, 0.3) is 0 Å². The molecular weight excluding hydrogens is 196 g/mol. The molecule has 0 aromatic carbocycles. The van der Waals surface area contributed by atoms with E-state index in [4.69, 9.17) is 0 Å². The smallest absolute Gasteiger partial charge is 0.0435 e. The minimum absolute atomic E-state index is 0.799. The van der Waals surface area contributed by atoms with Gasteiger partial charge in [0.05, 0.1) is 0 Å². The summed E-state index contributed by atoms with van der Waals surface area (Å²) in [6.07, 6.45) is 8.60. The summed E-state index contributed by atoms with van der Waals surface area (Å²) in [5.74, 6) is 0.854. The molecule has 0 amide bonds. The van der Waals surface area contributed by atoms with E-state index >= 15 is 0 Å². The zero-order valence-electron chi connectivity index (χ0n) is 9.95. The van der Waals surface area contributed by atoms with Gasteiger partial charge in [0, 0.05) is 24.0 Å². The van der Waals surface area contributed by atoms with Gasteiger partial charge in [0.2, 0.25) is 0 Å². The predicted octanol–water partition coefficient (Wildman–Crippen LogP) is 2.46. The molecule has 1 aromatic rings. The number of hydrogen-bond donors (Lipinski definition) is 1. The van der Waals surface area contributed by atoms with E-state index in [1.807, 2.05) is 12.3 Å². The molecule has 1 unspecified atom stereocenters. The first-order chi connectivity index (χ1) is 7.81. The molecule has 3 rings (SSSR count). The summed E-state index contributed by atoms with van der Waals surface area (Å²) >= 11 is 0. The highest BCUT2D eigenvalue weighted by Crippen LogP contribution is 2.32. The van der Waals surface area contributed by atoms with E-state index in [-0.39, 0.29) is 0 Å². The van der Waals surface area contributed by atoms with Crippen LogP contribution in [-0.2, 0) is 6.42 Å². The standard InChI is InChI=1S/C14H20N2/c1-10-3-2-6-15-14(10)9-11-7-12-4-5-13(8-11)16-12/h2-3,6,11-13,16H,4-5,7-9H2,1H3/t11?,12-,13+. The summed E-state index contributed by atoms with van der Waals surface area (Å²) in [6, 6.07) is 5.81. The number of pyridine rings is 1. The Morgan fingerprint density at radius 3 is 2.75 bits per heavy atom. The maximum absolute atomic E-state index is 4.52. The number of aromatic nitrogens is 1. The lowest BCUT2D eigenvalue weighted by molar-refractivity contribution is 0.296. The first kappa shape index (κ1) is 10.3. The van der Waals surface area contributed by atoms with Gasteiger partial charge in [-0.1, -0.05) is 6.07 Å². The predicted molar refractivity (Wildman–Crippen MR) is 65.3 cm³/mol. The van der Waals surface area contributed by atoms with E-state index in [1.54, 1.807) is 0 Å². The summed E-state index contributed by atoms with van der Waals surface area (Å²) in [4.78, 5) is 4.52. The maximum Gasteiger partial charge on any atom is 0.0435 e. The van der Waals surface area contributed by atoms with Crippen molar-refractivity contribution in [3.63, 3.8) is 0 Å². The van der Waals surface area contributed by atoms with Crippen LogP contribution in [0.1, 0.15) is 36.9 Å². The molecule has 2 nitrogen and oxygen atoms in total. The van der Waals surface area contributed by atoms with Crippen LogP contribution in [0.4, 0.5) is 0 Å². The van der Waals surface area contributed by atoms with Crippen LogP contribution < -0.4 is 5.32 Å². The van der Waals surface area contributed by atoms with Crippen LogP contribution >= 0.6 is 0 Å². The Morgan fingerprint density at radius 2 is 2.06 bits per heavy atom. The third-order valence-electron chi connectivity index (χ3n) is 4.17. The molecule has 0 radical (unpaired) electrons. The third kappa shape index (κ3) is 1.99. The lowest BCUT2D eigenvalue weighted by Gasteiger charge is -2.29. The van der Waals surface area contributed by atoms with E-state index in [0.29, 0.717) is 0 Å². The van der Waals surface area contributed by atoms with Gasteiger partial charge in [0.1, 0.15) is 0 Å². The highest BCUT2D eigenvalue weighted by atomic mass is 15.0. The normalized spacial score (nSPS) is 32.9. The fourth-order valence-electron chi connectivity index (χ4n) is 3.35. The first-order valence-corrected chi connectivity index (χ1v) is 6.48. The fourth-order valence-corrected chi connectivity index (χ4v) is 3.35. The van der Waals surface area contributed by atoms with Crippen LogP contribution in [0.15, 0.2) is 18.3 Å². The van der Waals surface area contributed by atoms with Crippen molar-refractivity contribution >= 4 is 0 Å². The number of rotatable bonds is 2. The van der Waals surface area contributed by atoms with Crippen molar-refractivity contribution in [2.24, 2.45) is 5.92 Å². The SMILES string of the molecule is Cc1cccnc1CC1C[C@H]2CC[C@@H](C1)N2. The second kappa shape index (κ2) is 4.17. The molecule has 2 heteroatoms. The summed E-state index contributed by atoms with van der Waals surface area (Å²) in [5, 5.41) is 3.70. The van der Waals surface area contributed by atoms with E-state index in [0.717, 1.165) is 18.0 Å². The van der Waals surface area contributed by atoms with Gasteiger partial charge in [-0.2, -0.15) is 0 Å². The molecule has 16 heavy (non-hydrogen) atoms. The van der Waals surface area contributed by atoms with Crippen molar-refractivity contribution in [3.8, 4) is 0 Å². The van der Waals surface area contributed by atoms with E-state index in [2.05, 4.69) is 23.3 Å². The van der Waals surface area contributed by atoms with Crippen molar-refractivity contribution in [1.29, 1.82) is 0 Å². The second-order valence-electron chi connectivity index (χ2n) is 5.45. The number of nitrogens with one attached hydrogen (secondary N) is 1. The van der Waals surface area contributed by atoms with Crippen LogP contribution in [0.25, 0.3) is 0 Å². The van der Waals surface area contributed by atoms with Gasteiger partial charge in [-0.25, -0.2) is 0 Å². The number of piperidine rings is 1. The summed E-state index contributed by atoms with van der Waals surface area (Å²) < 4.78 is 0. The quantitative estimate of drug-likeness (QED) is 0.821. The molecular formula is C14H20N2. The van der Waals surface area contributed by atoms with Gasteiger partial charge in [0.15, 0.2) is 0 Å². The molecule has 2 aliphatic heterocycles. The molecule has 0 aliphatic carbocycles. The molecule has 86 valence electrons. The van der Waals surface area contributed by atoms with E-state index < -0.39 is 0 Å². The minimum atomic E-state index is 0.799. The van der Waals surface area contributed by atoms with Crippen molar-refractivity contribution in [2.75, 3.05) is 0 Å². The molecule has 2 fully saturated rings. The Kier molecular flexibility index (Phi) is 2.68. The molecule has 0 spiro atoms. The fraction of sp³-hybridized carbons (Fsp3) is 0.643. The van der Waals surface area contributed by atoms with Gasteiger partial charge >= 0.3 is 0 Å². The first-order valence-electron chi connectivity index (χ1n) is 6.48. The largest absolute Gasteiger partial charge is 0.311 e. The van der Waals surface area contributed by atoms with Crippen LogP contribution in [-0.4, -0.2) is 17.1 Å². The van der Waals surface area contributed by atoms with Gasteiger partial charge in [-0.15, -0.1) is 0 Å². The second-order valence-corrected chi connectivity index (χ2v) is 5.45. The zero-order valence-corrected chi connectivity index (χ0v) is 9.95. The van der Waals surface area contributed by atoms with Crippen molar-refractivity contribution < 1.29 is 0 Å². The Bertz CT molecular complexity index is 363. The molecule has 0 saturated carbocycles. The van der Waals surface area contributed by atoms with E-state index in [9.17, 15) is 0 Å². The zero-order chi connectivity index (χ0) is 11.0. The summed E-state index contributed by atoms with van der Waals surface area (Å²) in [7, 11) is 0. The van der Waals surface area contributed by atoms with Gasteiger partial charge < -0.3 is 5.32 Å². The monoisotopic (exact) mass is 216 g/mol. The Morgan fingerprint density at radius 1 is 1.31 bits per heavy atom. The highest BCUT2D eigenvalue weighted by Gasteiger charge is 2.33. The Labute approximate surface area is 97.5 Å². The molecule has 2 saturated heterocycles. The third-order valence-corrected chi connectivity index (χ3v) is 4.17. The van der Waals surface area contributed by atoms with Crippen molar-refractivity contribution in [1.82, 2.24) is 10.3 Å². The van der Waals surface area contributed by atoms with Crippen LogP contribution in [0.2, 0.25) is 0 Å². The molecule has 1 N–H and O–H groups in total. The lowest BCUT2D eigenvalue weighted by atomic mass is 9.87. The summed E-state index contributed by atoms with van der Waals surface area (Å²) in [6.45, 7) is 2.18.